The molecule has 24 heavy (non-hydrogen) atoms. The van der Waals surface area contributed by atoms with Crippen LogP contribution in [-0.4, -0.2) is 27.3 Å². The molecule has 4 nitrogen and oxygen atoms in total. The highest BCUT2D eigenvalue weighted by Gasteiger charge is 2.36. The number of nitrogens with one attached hydrogen (secondary N) is 1. The summed E-state index contributed by atoms with van der Waals surface area (Å²) in [6.45, 7) is 3.12. The molecule has 1 aromatic carbocycles. The number of halogens is 1. The van der Waals surface area contributed by atoms with Gasteiger partial charge in [0.15, 0.2) is 0 Å². The molecule has 1 saturated heterocycles. The monoisotopic (exact) mass is 345 g/mol. The molecule has 5 heteroatoms. The molecule has 2 aliphatic rings. The number of benzene rings is 1. The minimum absolute atomic E-state index is 0.0842. The Morgan fingerprint density at radius 3 is 3.00 bits per heavy atom. The van der Waals surface area contributed by atoms with Crippen LogP contribution in [0.15, 0.2) is 18.2 Å². The fourth-order valence-corrected chi connectivity index (χ4v) is 4.54. The first-order valence-corrected chi connectivity index (χ1v) is 9.45. The smallest absolute Gasteiger partial charge is 0.226 e. The Morgan fingerprint density at radius 1 is 1.29 bits per heavy atom. The number of aromatic nitrogens is 2. The maximum atomic E-state index is 13.1. The SMILES string of the molecule is CC1CCCC(C(=O)N2CCCC2c2nc3ccc(Cl)cc3[nH]2)C1. The molecule has 0 radical (unpaired) electrons. The third-order valence-electron chi connectivity index (χ3n) is 5.60. The van der Waals surface area contributed by atoms with Gasteiger partial charge in [-0.15, -0.1) is 0 Å². The largest absolute Gasteiger partial charge is 0.340 e. The summed E-state index contributed by atoms with van der Waals surface area (Å²) in [5, 5.41) is 0.702. The standard InChI is InChI=1S/C19H24ClN3O/c1-12-4-2-5-13(10-12)19(24)23-9-3-6-17(23)18-21-15-8-7-14(20)11-16(15)22-18/h7-8,11-13,17H,2-6,9-10H2,1H3,(H,21,22). The molecule has 1 saturated carbocycles. The number of nitrogens with zero attached hydrogens (tertiary/aromatic N) is 2. The van der Waals surface area contributed by atoms with Gasteiger partial charge in [0.25, 0.3) is 0 Å². The van der Waals surface area contributed by atoms with E-state index in [9.17, 15) is 4.79 Å². The van der Waals surface area contributed by atoms with E-state index in [1.807, 2.05) is 18.2 Å². The molecule has 0 bridgehead atoms. The van der Waals surface area contributed by atoms with Crippen molar-refractivity contribution < 1.29 is 4.79 Å². The van der Waals surface area contributed by atoms with Gasteiger partial charge < -0.3 is 9.88 Å². The van der Waals surface area contributed by atoms with Crippen LogP contribution in [-0.2, 0) is 4.79 Å². The molecule has 1 aliphatic carbocycles. The molecule has 2 heterocycles. The van der Waals surface area contributed by atoms with E-state index < -0.39 is 0 Å². The number of carbonyl (C=O) groups excluding carboxylic acids is 1. The Balaban J connectivity index is 1.58. The first kappa shape index (κ1) is 15.9. The number of aromatic amines is 1. The van der Waals surface area contributed by atoms with Gasteiger partial charge in [-0.2, -0.15) is 0 Å². The highest BCUT2D eigenvalue weighted by molar-refractivity contribution is 6.31. The molecule has 3 atom stereocenters. The third-order valence-corrected chi connectivity index (χ3v) is 5.83. The van der Waals surface area contributed by atoms with E-state index in [0.717, 1.165) is 49.1 Å². The van der Waals surface area contributed by atoms with Crippen molar-refractivity contribution in [2.75, 3.05) is 6.54 Å². The number of H-pyrrole nitrogens is 1. The Hall–Kier alpha value is -1.55. The van der Waals surface area contributed by atoms with Crippen LogP contribution < -0.4 is 0 Å². The van der Waals surface area contributed by atoms with Crippen molar-refractivity contribution >= 4 is 28.5 Å². The van der Waals surface area contributed by atoms with E-state index in [1.165, 1.54) is 12.8 Å². The Labute approximate surface area is 147 Å². The topological polar surface area (TPSA) is 49.0 Å². The van der Waals surface area contributed by atoms with Crippen LogP contribution in [0.3, 0.4) is 0 Å². The summed E-state index contributed by atoms with van der Waals surface area (Å²) < 4.78 is 0. The Morgan fingerprint density at radius 2 is 2.17 bits per heavy atom. The Kier molecular flexibility index (Phi) is 4.25. The summed E-state index contributed by atoms with van der Waals surface area (Å²) in [6.07, 6.45) is 6.56. The number of hydrogen-bond acceptors (Lipinski definition) is 2. The molecule has 1 N–H and O–H groups in total. The van der Waals surface area contributed by atoms with Crippen molar-refractivity contribution in [3.63, 3.8) is 0 Å². The van der Waals surface area contributed by atoms with Crippen LogP contribution in [0.4, 0.5) is 0 Å². The number of rotatable bonds is 2. The lowest BCUT2D eigenvalue weighted by molar-refractivity contribution is -0.138. The van der Waals surface area contributed by atoms with Crippen LogP contribution >= 0.6 is 11.6 Å². The molecular formula is C19H24ClN3O. The predicted octanol–water partition coefficient (Wildman–Crippen LogP) is 4.71. The number of fused-ring (bicyclic) bond motifs is 1. The summed E-state index contributed by atoms with van der Waals surface area (Å²) in [7, 11) is 0. The minimum Gasteiger partial charge on any atom is -0.340 e. The van der Waals surface area contributed by atoms with E-state index in [2.05, 4.69) is 16.8 Å². The second-order valence-electron chi connectivity index (χ2n) is 7.44. The summed E-state index contributed by atoms with van der Waals surface area (Å²) in [5.74, 6) is 2.11. The molecule has 1 amide bonds. The van der Waals surface area contributed by atoms with Crippen LogP contribution in [0.1, 0.15) is 57.3 Å². The summed E-state index contributed by atoms with van der Waals surface area (Å²) in [6, 6.07) is 5.77. The number of carbonyl (C=O) groups is 1. The second kappa shape index (κ2) is 6.40. The van der Waals surface area contributed by atoms with Gasteiger partial charge in [0.2, 0.25) is 5.91 Å². The first-order chi connectivity index (χ1) is 11.6. The molecule has 0 spiro atoms. The minimum atomic E-state index is 0.0842. The molecular weight excluding hydrogens is 322 g/mol. The van der Waals surface area contributed by atoms with Gasteiger partial charge in [-0.1, -0.05) is 31.4 Å². The van der Waals surface area contributed by atoms with Gasteiger partial charge in [-0.05, 0) is 49.8 Å². The van der Waals surface area contributed by atoms with Crippen molar-refractivity contribution in [2.45, 2.75) is 51.5 Å². The van der Waals surface area contributed by atoms with Crippen LogP contribution in [0.5, 0.6) is 0 Å². The van der Waals surface area contributed by atoms with E-state index in [1.54, 1.807) is 0 Å². The first-order valence-electron chi connectivity index (χ1n) is 9.07. The second-order valence-corrected chi connectivity index (χ2v) is 7.88. The highest BCUT2D eigenvalue weighted by atomic mass is 35.5. The lowest BCUT2D eigenvalue weighted by Crippen LogP contribution is -2.37. The average molecular weight is 346 g/mol. The number of amides is 1. The van der Waals surface area contributed by atoms with Crippen molar-refractivity contribution in [1.29, 1.82) is 0 Å². The highest BCUT2D eigenvalue weighted by Crippen LogP contribution is 2.36. The molecule has 2 aromatic rings. The molecule has 128 valence electrons. The zero-order chi connectivity index (χ0) is 16.7. The van der Waals surface area contributed by atoms with Gasteiger partial charge in [-0.3, -0.25) is 4.79 Å². The quantitative estimate of drug-likeness (QED) is 0.857. The summed E-state index contributed by atoms with van der Waals surface area (Å²) in [5.41, 5.74) is 1.86. The zero-order valence-electron chi connectivity index (χ0n) is 14.1. The molecule has 1 aromatic heterocycles. The fraction of sp³-hybridized carbons (Fsp3) is 0.579. The number of likely N-dealkylation sites (tertiary alicyclic amines) is 1. The average Bonchev–Trinajstić information content (AvgIpc) is 3.19. The van der Waals surface area contributed by atoms with E-state index in [-0.39, 0.29) is 12.0 Å². The van der Waals surface area contributed by atoms with Crippen LogP contribution in [0, 0.1) is 11.8 Å². The van der Waals surface area contributed by atoms with Gasteiger partial charge in [-0.25, -0.2) is 4.98 Å². The lowest BCUT2D eigenvalue weighted by Gasteiger charge is -2.32. The summed E-state index contributed by atoms with van der Waals surface area (Å²) in [4.78, 5) is 23.2. The van der Waals surface area contributed by atoms with Gasteiger partial charge in [0.05, 0.1) is 17.1 Å². The van der Waals surface area contributed by atoms with Crippen LogP contribution in [0.25, 0.3) is 11.0 Å². The van der Waals surface area contributed by atoms with Gasteiger partial charge in [0, 0.05) is 17.5 Å². The van der Waals surface area contributed by atoms with Gasteiger partial charge >= 0.3 is 0 Å². The molecule has 4 rings (SSSR count). The normalized spacial score (nSPS) is 27.8. The summed E-state index contributed by atoms with van der Waals surface area (Å²) >= 11 is 6.07. The number of imidazole rings is 1. The molecule has 3 unspecified atom stereocenters. The predicted molar refractivity (Wildman–Crippen MR) is 95.9 cm³/mol. The zero-order valence-corrected chi connectivity index (χ0v) is 14.9. The van der Waals surface area contributed by atoms with Crippen molar-refractivity contribution in [1.82, 2.24) is 14.9 Å². The fourth-order valence-electron chi connectivity index (χ4n) is 4.37. The van der Waals surface area contributed by atoms with E-state index in [4.69, 9.17) is 16.6 Å². The van der Waals surface area contributed by atoms with Crippen molar-refractivity contribution in [3.05, 3.63) is 29.0 Å². The van der Waals surface area contributed by atoms with Crippen molar-refractivity contribution in [3.8, 4) is 0 Å². The van der Waals surface area contributed by atoms with Crippen LogP contribution in [0.2, 0.25) is 5.02 Å². The Bertz CT molecular complexity index is 756. The number of hydrogen-bond donors (Lipinski definition) is 1. The van der Waals surface area contributed by atoms with Crippen molar-refractivity contribution in [2.24, 2.45) is 11.8 Å². The molecule has 1 aliphatic heterocycles. The lowest BCUT2D eigenvalue weighted by atomic mass is 9.81. The third kappa shape index (κ3) is 2.92. The van der Waals surface area contributed by atoms with E-state index >= 15 is 0 Å². The van der Waals surface area contributed by atoms with E-state index in [0.29, 0.717) is 16.8 Å². The molecule has 2 fully saturated rings. The van der Waals surface area contributed by atoms with Gasteiger partial charge in [0.1, 0.15) is 5.82 Å². The maximum Gasteiger partial charge on any atom is 0.226 e. The maximum absolute atomic E-state index is 13.1.